The molecule has 0 saturated carbocycles. The fourth-order valence-electron chi connectivity index (χ4n) is 0.508. The van der Waals surface area contributed by atoms with E-state index in [-0.39, 0.29) is 12.4 Å². The first-order valence-corrected chi connectivity index (χ1v) is 3.08. The summed E-state index contributed by atoms with van der Waals surface area (Å²) in [5.74, 6) is 0. The van der Waals surface area contributed by atoms with Gasteiger partial charge in [0.2, 0.25) is 0 Å². The minimum absolute atomic E-state index is 0. The number of halogens is 1. The number of rotatable bonds is 4. The number of hydrogen-bond donors (Lipinski definition) is 1. The van der Waals surface area contributed by atoms with Crippen molar-refractivity contribution in [2.75, 3.05) is 0 Å². The average Bonchev–Trinajstić information content (AvgIpc) is 1.83. The highest BCUT2D eigenvalue weighted by Crippen LogP contribution is 1.92. The van der Waals surface area contributed by atoms with Gasteiger partial charge in [-0.3, -0.25) is 0 Å². The van der Waals surface area contributed by atoms with Crippen molar-refractivity contribution in [1.29, 1.82) is 0 Å². The lowest BCUT2D eigenvalue weighted by molar-refractivity contribution is -0.421. The summed E-state index contributed by atoms with van der Waals surface area (Å²) in [6.07, 6.45) is 3.64. The first-order valence-electron chi connectivity index (χ1n) is 3.08. The van der Waals surface area contributed by atoms with E-state index in [0.717, 1.165) is 19.1 Å². The molecule has 1 atom stereocenters. The number of hydrogen-bond acceptors (Lipinski definition) is 1. The van der Waals surface area contributed by atoms with Crippen LogP contribution in [-0.2, 0) is 4.79 Å². The fraction of sp³-hybridized carbons (Fsp3) is 0.833. The predicted octanol–water partition coefficient (Wildman–Crippen LogP) is -3.01. The van der Waals surface area contributed by atoms with Crippen LogP contribution in [0.3, 0.4) is 0 Å². The molecular weight excluding hydrogens is 138 g/mol. The van der Waals surface area contributed by atoms with Gasteiger partial charge in [0.05, 0.1) is 6.04 Å². The van der Waals surface area contributed by atoms with Gasteiger partial charge in [0, 0.05) is 12.8 Å². The van der Waals surface area contributed by atoms with E-state index >= 15 is 0 Å². The van der Waals surface area contributed by atoms with Crippen molar-refractivity contribution in [2.24, 2.45) is 0 Å². The summed E-state index contributed by atoms with van der Waals surface area (Å²) in [6, 6.07) is 0.472. The number of carbonyl (C=O) groups excluding carboxylic acids is 1. The van der Waals surface area contributed by atoms with E-state index in [1.807, 2.05) is 0 Å². The van der Waals surface area contributed by atoms with Crippen LogP contribution in [0, 0.1) is 0 Å². The first-order chi connectivity index (χ1) is 3.81. The van der Waals surface area contributed by atoms with Crippen LogP contribution in [0.2, 0.25) is 0 Å². The zero-order valence-corrected chi connectivity index (χ0v) is 6.53. The number of aldehydes is 1. The molecular formula is C6H14ClNO. The second-order valence-electron chi connectivity index (χ2n) is 2.02. The lowest BCUT2D eigenvalue weighted by atomic mass is 10.1. The Morgan fingerprint density at radius 3 is 2.56 bits per heavy atom. The Bertz CT molecular complexity index is 68.1. The normalized spacial score (nSPS) is 11.8. The van der Waals surface area contributed by atoms with Crippen LogP contribution in [0.15, 0.2) is 0 Å². The van der Waals surface area contributed by atoms with Crippen LogP contribution >= 0.6 is 0 Å². The summed E-state index contributed by atoms with van der Waals surface area (Å²) < 4.78 is 0. The van der Waals surface area contributed by atoms with Crippen LogP contribution in [0.1, 0.15) is 26.2 Å². The third kappa shape index (κ3) is 7.92. The van der Waals surface area contributed by atoms with Crippen LogP contribution in [0.25, 0.3) is 0 Å². The van der Waals surface area contributed by atoms with Gasteiger partial charge in [-0.15, -0.1) is 0 Å². The Kier molecular flexibility index (Phi) is 10.3. The number of carbonyl (C=O) groups is 1. The summed E-state index contributed by atoms with van der Waals surface area (Å²) in [5.41, 5.74) is 3.84. The third-order valence-corrected chi connectivity index (χ3v) is 1.27. The van der Waals surface area contributed by atoms with Crippen molar-refractivity contribution in [3.05, 3.63) is 0 Å². The molecule has 56 valence electrons. The Morgan fingerprint density at radius 1 is 1.67 bits per heavy atom. The maximum absolute atomic E-state index is 9.80. The van der Waals surface area contributed by atoms with Gasteiger partial charge in [-0.2, -0.15) is 0 Å². The molecule has 0 aromatic heterocycles. The topological polar surface area (TPSA) is 44.7 Å². The van der Waals surface area contributed by atoms with E-state index in [1.54, 1.807) is 0 Å². The molecule has 1 unspecified atom stereocenters. The van der Waals surface area contributed by atoms with E-state index in [4.69, 9.17) is 0 Å². The van der Waals surface area contributed by atoms with Gasteiger partial charge in [-0.05, 0) is 6.42 Å². The molecule has 0 aromatic rings. The third-order valence-electron chi connectivity index (χ3n) is 1.27. The lowest BCUT2D eigenvalue weighted by Crippen LogP contribution is -3.00. The predicted molar refractivity (Wildman–Crippen MR) is 32.3 cm³/mol. The fourth-order valence-corrected chi connectivity index (χ4v) is 0.508. The maximum Gasteiger partial charge on any atom is 0.120 e. The maximum atomic E-state index is 9.80. The zero-order valence-electron chi connectivity index (χ0n) is 5.77. The smallest absolute Gasteiger partial charge is 0.120 e. The molecule has 0 bridgehead atoms. The van der Waals surface area contributed by atoms with Crippen molar-refractivity contribution in [2.45, 2.75) is 32.2 Å². The molecule has 0 aliphatic heterocycles. The van der Waals surface area contributed by atoms with Crippen LogP contribution in [0.4, 0.5) is 0 Å². The van der Waals surface area contributed by atoms with E-state index < -0.39 is 0 Å². The molecule has 0 fully saturated rings. The standard InChI is InChI=1S/C6H13NO.ClH/c1-2-6(7)4-3-5-8;/h5-6H,2-4,7H2,1H3;1H. The van der Waals surface area contributed by atoms with Crippen LogP contribution in [0.5, 0.6) is 0 Å². The van der Waals surface area contributed by atoms with E-state index in [2.05, 4.69) is 12.7 Å². The van der Waals surface area contributed by atoms with Crippen molar-refractivity contribution in [1.82, 2.24) is 0 Å². The summed E-state index contributed by atoms with van der Waals surface area (Å²) in [7, 11) is 0. The highest BCUT2D eigenvalue weighted by Gasteiger charge is 1.99. The highest BCUT2D eigenvalue weighted by atomic mass is 35.5. The minimum atomic E-state index is 0. The molecule has 0 radical (unpaired) electrons. The molecule has 0 rings (SSSR count). The van der Waals surface area contributed by atoms with Gasteiger partial charge in [-0.1, -0.05) is 6.92 Å². The molecule has 3 heteroatoms. The molecule has 0 amide bonds. The largest absolute Gasteiger partial charge is 1.00 e. The second-order valence-corrected chi connectivity index (χ2v) is 2.02. The SMILES string of the molecule is CCC([NH3+])CCC=O.[Cl-]. The second kappa shape index (κ2) is 7.92. The Balaban J connectivity index is 0. The van der Waals surface area contributed by atoms with Gasteiger partial charge in [0.15, 0.2) is 0 Å². The van der Waals surface area contributed by atoms with Gasteiger partial charge in [0.25, 0.3) is 0 Å². The summed E-state index contributed by atoms with van der Waals surface area (Å²) >= 11 is 0. The average molecular weight is 152 g/mol. The minimum Gasteiger partial charge on any atom is -1.00 e. The highest BCUT2D eigenvalue weighted by molar-refractivity contribution is 5.49. The molecule has 9 heavy (non-hydrogen) atoms. The van der Waals surface area contributed by atoms with Crippen molar-refractivity contribution in [3.8, 4) is 0 Å². The van der Waals surface area contributed by atoms with E-state index in [9.17, 15) is 4.79 Å². The van der Waals surface area contributed by atoms with E-state index in [0.29, 0.717) is 12.5 Å². The summed E-state index contributed by atoms with van der Waals surface area (Å²) in [5, 5.41) is 0. The quantitative estimate of drug-likeness (QED) is 0.428. The molecule has 2 nitrogen and oxygen atoms in total. The van der Waals surface area contributed by atoms with Crippen molar-refractivity contribution < 1.29 is 22.9 Å². The van der Waals surface area contributed by atoms with Gasteiger partial charge < -0.3 is 22.9 Å². The molecule has 0 aromatic carbocycles. The molecule has 0 heterocycles. The summed E-state index contributed by atoms with van der Waals surface area (Å²) in [4.78, 5) is 9.80. The zero-order chi connectivity index (χ0) is 6.41. The molecule has 0 spiro atoms. The molecule has 3 N–H and O–H groups in total. The molecule has 0 aliphatic rings. The van der Waals surface area contributed by atoms with Crippen LogP contribution in [-0.4, -0.2) is 12.3 Å². The van der Waals surface area contributed by atoms with Crippen molar-refractivity contribution >= 4 is 6.29 Å². The lowest BCUT2D eigenvalue weighted by Gasteiger charge is -1.98. The van der Waals surface area contributed by atoms with Gasteiger partial charge in [-0.25, -0.2) is 0 Å². The molecule has 0 aliphatic carbocycles. The monoisotopic (exact) mass is 151 g/mol. The molecule has 0 saturated heterocycles. The Labute approximate surface area is 62.2 Å². The van der Waals surface area contributed by atoms with Gasteiger partial charge in [0.1, 0.15) is 6.29 Å². The Morgan fingerprint density at radius 2 is 2.22 bits per heavy atom. The number of quaternary nitrogens is 1. The summed E-state index contributed by atoms with van der Waals surface area (Å²) in [6.45, 7) is 2.09. The van der Waals surface area contributed by atoms with Crippen molar-refractivity contribution in [3.63, 3.8) is 0 Å². The van der Waals surface area contributed by atoms with E-state index in [1.165, 1.54) is 0 Å². The van der Waals surface area contributed by atoms with Gasteiger partial charge >= 0.3 is 0 Å². The first kappa shape index (κ1) is 11.7. The van der Waals surface area contributed by atoms with Crippen LogP contribution < -0.4 is 18.1 Å². The Hall–Kier alpha value is -0.0800.